The Hall–Kier alpha value is -0.940. The summed E-state index contributed by atoms with van der Waals surface area (Å²) in [5, 5.41) is 0. The van der Waals surface area contributed by atoms with Crippen molar-refractivity contribution in [3.05, 3.63) is 35.4 Å². The van der Waals surface area contributed by atoms with Gasteiger partial charge in [0.05, 0.1) is 12.2 Å². The molecule has 1 heterocycles. The van der Waals surface area contributed by atoms with Crippen molar-refractivity contribution >= 4 is 0 Å². The second kappa shape index (κ2) is 6.68. The first-order valence-electron chi connectivity index (χ1n) is 7.18. The number of hydrogen-bond acceptors (Lipinski definition) is 4. The summed E-state index contributed by atoms with van der Waals surface area (Å²) < 4.78 is 11.0. The SMILES string of the molecule is COC1CN(C(c2ccc(C)cc2)C(C)N)CC1OC. The Morgan fingerprint density at radius 1 is 1.10 bits per heavy atom. The average Bonchev–Trinajstić information content (AvgIpc) is 2.83. The van der Waals surface area contributed by atoms with Crippen molar-refractivity contribution in [1.29, 1.82) is 0 Å². The first-order valence-corrected chi connectivity index (χ1v) is 7.18. The lowest BCUT2D eigenvalue weighted by Gasteiger charge is -2.31. The second-order valence-electron chi connectivity index (χ2n) is 5.72. The molecule has 20 heavy (non-hydrogen) atoms. The Labute approximate surface area is 121 Å². The number of nitrogens with two attached hydrogens (primary N) is 1. The van der Waals surface area contributed by atoms with E-state index in [9.17, 15) is 0 Å². The molecule has 1 aromatic rings. The molecule has 2 N–H and O–H groups in total. The van der Waals surface area contributed by atoms with Crippen LogP contribution in [-0.2, 0) is 9.47 Å². The molecule has 1 aromatic carbocycles. The van der Waals surface area contributed by atoms with Crippen LogP contribution in [0.15, 0.2) is 24.3 Å². The van der Waals surface area contributed by atoms with Crippen molar-refractivity contribution in [3.63, 3.8) is 0 Å². The highest BCUT2D eigenvalue weighted by Gasteiger charge is 2.38. The van der Waals surface area contributed by atoms with Gasteiger partial charge in [-0.1, -0.05) is 29.8 Å². The number of methoxy groups -OCH3 is 2. The van der Waals surface area contributed by atoms with Crippen molar-refractivity contribution < 1.29 is 9.47 Å². The molecule has 0 aliphatic carbocycles. The maximum Gasteiger partial charge on any atom is 0.0972 e. The molecule has 4 unspecified atom stereocenters. The van der Waals surface area contributed by atoms with Crippen molar-refractivity contribution in [1.82, 2.24) is 4.90 Å². The van der Waals surface area contributed by atoms with Crippen molar-refractivity contribution in [2.75, 3.05) is 27.3 Å². The molecule has 4 nitrogen and oxygen atoms in total. The number of hydrogen-bond donors (Lipinski definition) is 1. The van der Waals surface area contributed by atoms with E-state index >= 15 is 0 Å². The monoisotopic (exact) mass is 278 g/mol. The van der Waals surface area contributed by atoms with Gasteiger partial charge in [0.15, 0.2) is 0 Å². The summed E-state index contributed by atoms with van der Waals surface area (Å²) in [4.78, 5) is 2.37. The van der Waals surface area contributed by atoms with Crippen LogP contribution in [0.2, 0.25) is 0 Å². The van der Waals surface area contributed by atoms with Gasteiger partial charge >= 0.3 is 0 Å². The first-order chi connectivity index (χ1) is 9.56. The van der Waals surface area contributed by atoms with Gasteiger partial charge in [-0.3, -0.25) is 4.90 Å². The van der Waals surface area contributed by atoms with Gasteiger partial charge in [0, 0.05) is 39.4 Å². The summed E-state index contributed by atoms with van der Waals surface area (Å²) in [6.45, 7) is 5.87. The van der Waals surface area contributed by atoms with Crippen LogP contribution in [-0.4, -0.2) is 50.5 Å². The quantitative estimate of drug-likeness (QED) is 0.891. The maximum atomic E-state index is 6.24. The van der Waals surface area contributed by atoms with Crippen LogP contribution in [0.25, 0.3) is 0 Å². The molecule has 0 aromatic heterocycles. The molecule has 0 bridgehead atoms. The average molecular weight is 278 g/mol. The lowest BCUT2D eigenvalue weighted by molar-refractivity contribution is -0.00461. The van der Waals surface area contributed by atoms with E-state index in [4.69, 9.17) is 15.2 Å². The number of ether oxygens (including phenoxy) is 2. The minimum absolute atomic E-state index is 0.0609. The van der Waals surface area contributed by atoms with Crippen LogP contribution >= 0.6 is 0 Å². The minimum atomic E-state index is 0.0609. The summed E-state index contributed by atoms with van der Waals surface area (Å²) >= 11 is 0. The fraction of sp³-hybridized carbons (Fsp3) is 0.625. The number of aryl methyl sites for hydroxylation is 1. The molecule has 1 fully saturated rings. The zero-order valence-electron chi connectivity index (χ0n) is 12.9. The Bertz CT molecular complexity index is 407. The molecule has 0 saturated carbocycles. The van der Waals surface area contributed by atoms with Gasteiger partial charge in [0.25, 0.3) is 0 Å². The van der Waals surface area contributed by atoms with Crippen LogP contribution in [0.5, 0.6) is 0 Å². The van der Waals surface area contributed by atoms with E-state index in [1.165, 1.54) is 11.1 Å². The number of rotatable bonds is 5. The highest BCUT2D eigenvalue weighted by atomic mass is 16.5. The Morgan fingerprint density at radius 2 is 1.60 bits per heavy atom. The lowest BCUT2D eigenvalue weighted by Crippen LogP contribution is -2.39. The molecular formula is C16H26N2O2. The smallest absolute Gasteiger partial charge is 0.0972 e. The van der Waals surface area contributed by atoms with Crippen molar-refractivity contribution in [3.8, 4) is 0 Å². The molecule has 4 heteroatoms. The van der Waals surface area contributed by atoms with E-state index < -0.39 is 0 Å². The predicted molar refractivity (Wildman–Crippen MR) is 80.7 cm³/mol. The molecule has 0 spiro atoms. The van der Waals surface area contributed by atoms with Gasteiger partial charge in [-0.15, -0.1) is 0 Å². The van der Waals surface area contributed by atoms with E-state index in [1.54, 1.807) is 14.2 Å². The van der Waals surface area contributed by atoms with Crippen LogP contribution in [0, 0.1) is 6.92 Å². The van der Waals surface area contributed by atoms with Crippen LogP contribution in [0.3, 0.4) is 0 Å². The molecule has 1 aliphatic rings. The summed E-state index contributed by atoms with van der Waals surface area (Å²) in [5.74, 6) is 0. The molecule has 1 saturated heterocycles. The Kier molecular flexibility index (Phi) is 5.16. The Morgan fingerprint density at radius 3 is 2.00 bits per heavy atom. The van der Waals surface area contributed by atoms with E-state index in [1.807, 2.05) is 0 Å². The number of nitrogens with zero attached hydrogens (tertiary/aromatic N) is 1. The summed E-state index contributed by atoms with van der Waals surface area (Å²) in [6, 6.07) is 8.89. The van der Waals surface area contributed by atoms with Crippen LogP contribution in [0.1, 0.15) is 24.1 Å². The van der Waals surface area contributed by atoms with Crippen molar-refractivity contribution in [2.45, 2.75) is 38.1 Å². The topological polar surface area (TPSA) is 47.7 Å². The molecule has 112 valence electrons. The highest BCUT2D eigenvalue weighted by Crippen LogP contribution is 2.29. The molecule has 1 aliphatic heterocycles. The maximum absolute atomic E-state index is 6.24. The van der Waals surface area contributed by atoms with Crippen LogP contribution in [0.4, 0.5) is 0 Å². The van der Waals surface area contributed by atoms with Gasteiger partial charge in [-0.25, -0.2) is 0 Å². The first kappa shape index (κ1) is 15.4. The molecule has 0 amide bonds. The molecular weight excluding hydrogens is 252 g/mol. The zero-order chi connectivity index (χ0) is 14.7. The molecule has 0 radical (unpaired) electrons. The Balaban J connectivity index is 2.20. The summed E-state index contributed by atoms with van der Waals surface area (Å²) in [5.41, 5.74) is 8.77. The standard InChI is InChI=1S/C16H26N2O2/c1-11-5-7-13(8-6-11)16(12(2)17)18-9-14(19-3)15(10-18)20-4/h5-8,12,14-16H,9-10,17H2,1-4H3. The predicted octanol–water partition coefficient (Wildman–Crippen LogP) is 1.73. The van der Waals surface area contributed by atoms with Gasteiger partial charge in [-0.2, -0.15) is 0 Å². The third-order valence-corrected chi connectivity index (χ3v) is 4.16. The van der Waals surface area contributed by atoms with Crippen LogP contribution < -0.4 is 5.73 Å². The van der Waals surface area contributed by atoms with Gasteiger partial charge in [0.2, 0.25) is 0 Å². The fourth-order valence-electron chi connectivity index (χ4n) is 3.06. The fourth-order valence-corrected chi connectivity index (χ4v) is 3.06. The minimum Gasteiger partial charge on any atom is -0.377 e. The normalized spacial score (nSPS) is 26.6. The van der Waals surface area contributed by atoms with E-state index in [0.29, 0.717) is 0 Å². The van der Waals surface area contributed by atoms with Gasteiger partial charge in [-0.05, 0) is 19.4 Å². The van der Waals surface area contributed by atoms with Gasteiger partial charge < -0.3 is 15.2 Å². The molecule has 2 rings (SSSR count). The van der Waals surface area contributed by atoms with E-state index in [2.05, 4.69) is 43.0 Å². The third-order valence-electron chi connectivity index (χ3n) is 4.16. The zero-order valence-corrected chi connectivity index (χ0v) is 12.9. The summed E-state index contributed by atoms with van der Waals surface area (Å²) in [6.07, 6.45) is 0.235. The van der Waals surface area contributed by atoms with Crippen molar-refractivity contribution in [2.24, 2.45) is 5.73 Å². The molecule has 4 atom stereocenters. The highest BCUT2D eigenvalue weighted by molar-refractivity contribution is 5.25. The number of benzene rings is 1. The van der Waals surface area contributed by atoms with E-state index in [0.717, 1.165) is 13.1 Å². The number of likely N-dealkylation sites (tertiary alicyclic amines) is 1. The summed E-state index contributed by atoms with van der Waals surface area (Å²) in [7, 11) is 3.49. The second-order valence-corrected chi connectivity index (χ2v) is 5.72. The van der Waals surface area contributed by atoms with E-state index in [-0.39, 0.29) is 24.3 Å². The third kappa shape index (κ3) is 3.20. The van der Waals surface area contributed by atoms with Gasteiger partial charge in [0.1, 0.15) is 0 Å². The largest absolute Gasteiger partial charge is 0.377 e. The lowest BCUT2D eigenvalue weighted by atomic mass is 9.98.